The summed E-state index contributed by atoms with van der Waals surface area (Å²) >= 11 is 0. The van der Waals surface area contributed by atoms with Gasteiger partial charge in [-0.2, -0.15) is 0 Å². The molecule has 4 heteroatoms. The minimum atomic E-state index is -0.429. The van der Waals surface area contributed by atoms with Gasteiger partial charge in [0, 0.05) is 5.54 Å². The van der Waals surface area contributed by atoms with Crippen molar-refractivity contribution in [3.63, 3.8) is 0 Å². The van der Waals surface area contributed by atoms with E-state index < -0.39 is 5.41 Å². The van der Waals surface area contributed by atoms with E-state index in [1.54, 1.807) is 0 Å². The van der Waals surface area contributed by atoms with E-state index in [-0.39, 0.29) is 23.8 Å². The molecule has 4 nitrogen and oxygen atoms in total. The fourth-order valence-electron chi connectivity index (χ4n) is 2.70. The normalized spacial score (nSPS) is 34.1. The molecule has 0 bridgehead atoms. The topological polar surface area (TPSA) is 47.6 Å². The molecule has 2 fully saturated rings. The van der Waals surface area contributed by atoms with Gasteiger partial charge in [0.25, 0.3) is 0 Å². The number of carbonyl (C=O) groups excluding carboxylic acids is 1. The van der Waals surface area contributed by atoms with Crippen molar-refractivity contribution in [3.8, 4) is 0 Å². The summed E-state index contributed by atoms with van der Waals surface area (Å²) in [5.74, 6) is -0.109. The Morgan fingerprint density at radius 1 is 1.47 bits per heavy atom. The maximum atomic E-state index is 12.0. The summed E-state index contributed by atoms with van der Waals surface area (Å²) in [4.78, 5) is 12.0. The lowest BCUT2D eigenvalue weighted by molar-refractivity contribution is -0.169. The van der Waals surface area contributed by atoms with Crippen LogP contribution in [0.1, 0.15) is 47.0 Å². The van der Waals surface area contributed by atoms with Crippen LogP contribution in [0.25, 0.3) is 0 Å². The molecule has 1 saturated carbocycles. The molecule has 0 aromatic rings. The molecule has 0 aromatic carbocycles. The molecule has 1 saturated heterocycles. The van der Waals surface area contributed by atoms with Gasteiger partial charge in [-0.3, -0.25) is 10.1 Å². The van der Waals surface area contributed by atoms with Crippen molar-refractivity contribution >= 4 is 5.97 Å². The van der Waals surface area contributed by atoms with Crippen molar-refractivity contribution in [3.05, 3.63) is 0 Å². The molecule has 0 aromatic heterocycles. The third-order valence-corrected chi connectivity index (χ3v) is 3.66. The number of carbonyl (C=O) groups is 1. The zero-order valence-corrected chi connectivity index (χ0v) is 11.2. The van der Waals surface area contributed by atoms with Crippen LogP contribution in [0.3, 0.4) is 0 Å². The first-order valence-electron chi connectivity index (χ1n) is 6.50. The molecular weight excluding hydrogens is 218 g/mol. The van der Waals surface area contributed by atoms with Crippen molar-refractivity contribution in [1.29, 1.82) is 0 Å². The smallest absolute Gasteiger partial charge is 0.316 e. The summed E-state index contributed by atoms with van der Waals surface area (Å²) in [5, 5.41) is 3.44. The first-order chi connectivity index (χ1) is 7.89. The van der Waals surface area contributed by atoms with E-state index in [1.807, 2.05) is 6.92 Å². The standard InChI is InChI=1S/C13H23NO3/c1-5-16-11(15)13(6-7-13)10-14-12(3,4)8-9(2)17-10/h9-10,14H,5-8H2,1-4H3. The zero-order chi connectivity index (χ0) is 12.7. The highest BCUT2D eigenvalue weighted by Crippen LogP contribution is 2.52. The maximum absolute atomic E-state index is 12.0. The number of esters is 1. The minimum absolute atomic E-state index is 0.0183. The van der Waals surface area contributed by atoms with Gasteiger partial charge in [0.2, 0.25) is 0 Å². The maximum Gasteiger partial charge on any atom is 0.316 e. The Morgan fingerprint density at radius 3 is 2.59 bits per heavy atom. The second-order valence-corrected chi connectivity index (χ2v) is 5.94. The quantitative estimate of drug-likeness (QED) is 0.766. The molecule has 1 aliphatic heterocycles. The average molecular weight is 241 g/mol. The molecule has 0 spiro atoms. The Hall–Kier alpha value is -0.610. The molecule has 2 rings (SSSR count). The molecule has 1 aliphatic carbocycles. The van der Waals surface area contributed by atoms with Gasteiger partial charge in [-0.05, 0) is 47.0 Å². The second-order valence-electron chi connectivity index (χ2n) is 5.94. The summed E-state index contributed by atoms with van der Waals surface area (Å²) in [6.45, 7) is 8.65. The number of hydrogen-bond donors (Lipinski definition) is 1. The van der Waals surface area contributed by atoms with Crippen LogP contribution in [0.4, 0.5) is 0 Å². The lowest BCUT2D eigenvalue weighted by Gasteiger charge is -2.43. The molecule has 1 heterocycles. The predicted molar refractivity (Wildman–Crippen MR) is 64.5 cm³/mol. The first kappa shape index (κ1) is 12.8. The van der Waals surface area contributed by atoms with Crippen LogP contribution in [-0.4, -0.2) is 30.4 Å². The van der Waals surface area contributed by atoms with Crippen molar-refractivity contribution < 1.29 is 14.3 Å². The van der Waals surface area contributed by atoms with E-state index in [4.69, 9.17) is 9.47 Å². The van der Waals surface area contributed by atoms with Crippen LogP contribution < -0.4 is 5.32 Å². The third kappa shape index (κ3) is 2.47. The Kier molecular flexibility index (Phi) is 3.21. The van der Waals surface area contributed by atoms with Crippen LogP contribution in [0.5, 0.6) is 0 Å². The highest BCUT2D eigenvalue weighted by molar-refractivity contribution is 5.80. The second kappa shape index (κ2) is 4.25. The monoisotopic (exact) mass is 241 g/mol. The lowest BCUT2D eigenvalue weighted by Crippen LogP contribution is -2.59. The van der Waals surface area contributed by atoms with E-state index in [0.29, 0.717) is 6.61 Å². The number of hydrogen-bond acceptors (Lipinski definition) is 4. The molecule has 2 aliphatic rings. The van der Waals surface area contributed by atoms with Gasteiger partial charge in [-0.25, -0.2) is 0 Å². The molecular formula is C13H23NO3. The fourth-order valence-corrected chi connectivity index (χ4v) is 2.70. The molecule has 0 radical (unpaired) electrons. The highest BCUT2D eigenvalue weighted by atomic mass is 16.5. The Balaban J connectivity index is 2.09. The van der Waals surface area contributed by atoms with Gasteiger partial charge < -0.3 is 9.47 Å². The summed E-state index contributed by atoms with van der Waals surface area (Å²) in [5.41, 5.74) is -0.410. The molecule has 1 N–H and O–H groups in total. The molecule has 0 amide bonds. The fraction of sp³-hybridized carbons (Fsp3) is 0.923. The Bertz CT molecular complexity index is 310. The largest absolute Gasteiger partial charge is 0.465 e. The molecule has 17 heavy (non-hydrogen) atoms. The van der Waals surface area contributed by atoms with Gasteiger partial charge in [-0.1, -0.05) is 0 Å². The van der Waals surface area contributed by atoms with Crippen molar-refractivity contribution in [1.82, 2.24) is 5.32 Å². The number of ether oxygens (including phenoxy) is 2. The summed E-state index contributed by atoms with van der Waals surface area (Å²) in [7, 11) is 0. The van der Waals surface area contributed by atoms with E-state index in [2.05, 4.69) is 26.1 Å². The predicted octanol–water partition coefficient (Wildman–Crippen LogP) is 1.83. The van der Waals surface area contributed by atoms with E-state index in [0.717, 1.165) is 19.3 Å². The van der Waals surface area contributed by atoms with Crippen molar-refractivity contribution in [2.45, 2.75) is 64.8 Å². The summed E-state index contributed by atoms with van der Waals surface area (Å²) < 4.78 is 11.1. The third-order valence-electron chi connectivity index (χ3n) is 3.66. The van der Waals surface area contributed by atoms with Crippen LogP contribution in [-0.2, 0) is 14.3 Å². The first-order valence-corrected chi connectivity index (χ1v) is 6.50. The van der Waals surface area contributed by atoms with Gasteiger partial charge in [0.05, 0.1) is 12.7 Å². The van der Waals surface area contributed by atoms with Crippen molar-refractivity contribution in [2.75, 3.05) is 6.61 Å². The van der Waals surface area contributed by atoms with Gasteiger partial charge >= 0.3 is 5.97 Å². The molecule has 98 valence electrons. The van der Waals surface area contributed by atoms with Crippen LogP contribution >= 0.6 is 0 Å². The van der Waals surface area contributed by atoms with Gasteiger partial charge in [0.1, 0.15) is 11.6 Å². The Labute approximate surface area is 103 Å². The summed E-state index contributed by atoms with van der Waals surface area (Å²) in [6, 6.07) is 0. The van der Waals surface area contributed by atoms with Crippen molar-refractivity contribution in [2.24, 2.45) is 5.41 Å². The summed E-state index contributed by atoms with van der Waals surface area (Å²) in [6.07, 6.45) is 2.68. The molecule has 2 atom stereocenters. The van der Waals surface area contributed by atoms with Crippen LogP contribution in [0, 0.1) is 5.41 Å². The SMILES string of the molecule is CCOC(=O)C1(C2NC(C)(C)CC(C)O2)CC1. The highest BCUT2D eigenvalue weighted by Gasteiger charge is 2.60. The molecule has 2 unspecified atom stereocenters. The van der Waals surface area contributed by atoms with Gasteiger partial charge in [0.15, 0.2) is 0 Å². The van der Waals surface area contributed by atoms with Gasteiger partial charge in [-0.15, -0.1) is 0 Å². The van der Waals surface area contributed by atoms with E-state index in [1.165, 1.54) is 0 Å². The zero-order valence-electron chi connectivity index (χ0n) is 11.2. The number of rotatable bonds is 3. The lowest BCUT2D eigenvalue weighted by atomic mass is 9.92. The number of nitrogens with one attached hydrogen (secondary N) is 1. The van der Waals surface area contributed by atoms with Crippen LogP contribution in [0.15, 0.2) is 0 Å². The van der Waals surface area contributed by atoms with E-state index in [9.17, 15) is 4.79 Å². The average Bonchev–Trinajstić information content (AvgIpc) is 2.95. The van der Waals surface area contributed by atoms with Crippen LogP contribution in [0.2, 0.25) is 0 Å². The Morgan fingerprint density at radius 2 is 2.12 bits per heavy atom. The minimum Gasteiger partial charge on any atom is -0.465 e. The van der Waals surface area contributed by atoms with E-state index >= 15 is 0 Å².